The van der Waals surface area contributed by atoms with Crippen molar-refractivity contribution in [1.29, 1.82) is 0 Å². The average Bonchev–Trinajstić information content (AvgIpc) is 2.91. The van der Waals surface area contributed by atoms with Gasteiger partial charge in [-0.1, -0.05) is 0 Å². The summed E-state index contributed by atoms with van der Waals surface area (Å²) < 4.78 is 19.4. The second kappa shape index (κ2) is 6.18. The molecule has 0 bridgehead atoms. The number of halogens is 1. The lowest BCUT2D eigenvalue weighted by Gasteiger charge is -2.04. The molecule has 0 N–H and O–H groups in total. The first kappa shape index (κ1) is 13.9. The van der Waals surface area contributed by atoms with Crippen LogP contribution in [0.25, 0.3) is 16.9 Å². The van der Waals surface area contributed by atoms with E-state index in [-0.39, 0.29) is 6.67 Å². The van der Waals surface area contributed by atoms with Crippen LogP contribution in [0.3, 0.4) is 0 Å². The molecule has 3 aromatic rings. The number of benzene rings is 1. The molecule has 3 rings (SSSR count). The molecule has 2 heterocycles. The maximum Gasteiger partial charge on any atom is 0.137 e. The first-order chi connectivity index (χ1) is 10.3. The lowest BCUT2D eigenvalue weighted by molar-refractivity contribution is 0.289. The van der Waals surface area contributed by atoms with E-state index in [4.69, 9.17) is 4.74 Å². The summed E-state index contributed by atoms with van der Waals surface area (Å²) in [5.74, 6) is 0.744. The summed E-state index contributed by atoms with van der Waals surface area (Å²) in [6.45, 7) is 0.0431. The highest BCUT2D eigenvalue weighted by molar-refractivity contribution is 7.80. The van der Waals surface area contributed by atoms with Gasteiger partial charge in [-0.3, -0.25) is 4.39 Å². The molecule has 0 unspecified atom stereocenters. The van der Waals surface area contributed by atoms with E-state index in [0.717, 1.165) is 27.5 Å². The van der Waals surface area contributed by atoms with Crippen molar-refractivity contribution in [2.75, 3.05) is 13.3 Å². The summed E-state index contributed by atoms with van der Waals surface area (Å²) in [6.07, 6.45) is 4.30. The fourth-order valence-electron chi connectivity index (χ4n) is 2.09. The second-order valence-electron chi connectivity index (χ2n) is 4.69. The zero-order chi connectivity index (χ0) is 14.7. The molecule has 0 aliphatic rings. The third-order valence-corrected chi connectivity index (χ3v) is 3.40. The Morgan fingerprint density at radius 3 is 2.67 bits per heavy atom. The zero-order valence-corrected chi connectivity index (χ0v) is 12.3. The smallest absolute Gasteiger partial charge is 0.137 e. The van der Waals surface area contributed by atoms with Crippen LogP contribution < -0.4 is 4.74 Å². The molecule has 3 nitrogen and oxygen atoms in total. The molecule has 108 valence electrons. The van der Waals surface area contributed by atoms with Crippen molar-refractivity contribution in [2.24, 2.45) is 0 Å². The first-order valence-electron chi connectivity index (χ1n) is 6.73. The topological polar surface area (TPSA) is 26.5 Å². The van der Waals surface area contributed by atoms with E-state index in [0.29, 0.717) is 13.0 Å². The normalized spacial score (nSPS) is 11.0. The molecule has 0 spiro atoms. The maximum atomic E-state index is 12.0. The number of hydrogen-bond acceptors (Lipinski definition) is 3. The fourth-order valence-corrected chi connectivity index (χ4v) is 2.28. The van der Waals surface area contributed by atoms with E-state index in [1.165, 1.54) is 0 Å². The van der Waals surface area contributed by atoms with Gasteiger partial charge >= 0.3 is 0 Å². The molecule has 0 radical (unpaired) electrons. The quantitative estimate of drug-likeness (QED) is 0.569. The van der Waals surface area contributed by atoms with Gasteiger partial charge in [0.25, 0.3) is 0 Å². The number of hydrogen-bond donors (Lipinski definition) is 1. The molecular formula is C16H15FN2OS. The molecule has 0 amide bonds. The Bertz CT molecular complexity index is 740. The van der Waals surface area contributed by atoms with Crippen LogP contribution in [-0.2, 0) is 0 Å². The third-order valence-electron chi connectivity index (χ3n) is 3.13. The summed E-state index contributed by atoms with van der Waals surface area (Å²) in [4.78, 5) is 5.46. The van der Waals surface area contributed by atoms with E-state index in [1.54, 1.807) is 0 Å². The molecule has 0 saturated heterocycles. The number of rotatable bonds is 5. The largest absolute Gasteiger partial charge is 0.493 e. The van der Waals surface area contributed by atoms with E-state index in [1.807, 2.05) is 53.2 Å². The van der Waals surface area contributed by atoms with Gasteiger partial charge in [-0.05, 0) is 36.4 Å². The predicted octanol–water partition coefficient (Wildman–Crippen LogP) is 4.03. The molecule has 0 fully saturated rings. The van der Waals surface area contributed by atoms with Crippen LogP contribution in [0.15, 0.2) is 53.7 Å². The minimum Gasteiger partial charge on any atom is -0.493 e. The first-order valence-corrected chi connectivity index (χ1v) is 7.18. The Kier molecular flexibility index (Phi) is 4.10. The second-order valence-corrected chi connectivity index (χ2v) is 5.21. The number of thiol groups is 1. The van der Waals surface area contributed by atoms with Crippen molar-refractivity contribution in [1.82, 2.24) is 9.38 Å². The van der Waals surface area contributed by atoms with Crippen molar-refractivity contribution < 1.29 is 9.13 Å². The Labute approximate surface area is 127 Å². The van der Waals surface area contributed by atoms with E-state index >= 15 is 0 Å². The standard InChI is InChI=1S/C16H15FN2OS/c17-8-1-9-20-13-4-2-12(3-5-13)15-11-19-10-14(21)6-7-16(19)18-15/h2-7,10-11,21H,1,8-9H2. The molecule has 0 saturated carbocycles. The van der Waals surface area contributed by atoms with Gasteiger partial charge in [-0.15, -0.1) is 12.6 Å². The monoisotopic (exact) mass is 302 g/mol. The van der Waals surface area contributed by atoms with Crippen LogP contribution in [0.4, 0.5) is 4.39 Å². The van der Waals surface area contributed by atoms with Crippen LogP contribution in [-0.4, -0.2) is 22.7 Å². The number of alkyl halides is 1. The molecular weight excluding hydrogens is 287 g/mol. The molecule has 5 heteroatoms. The summed E-state index contributed by atoms with van der Waals surface area (Å²) in [7, 11) is 0. The van der Waals surface area contributed by atoms with Gasteiger partial charge in [0.05, 0.1) is 19.0 Å². The van der Waals surface area contributed by atoms with E-state index in [9.17, 15) is 4.39 Å². The summed E-state index contributed by atoms with van der Waals surface area (Å²) in [5.41, 5.74) is 2.78. The molecule has 1 aromatic carbocycles. The molecule has 0 aliphatic heterocycles. The molecule has 21 heavy (non-hydrogen) atoms. The van der Waals surface area contributed by atoms with Crippen LogP contribution >= 0.6 is 12.6 Å². The molecule has 2 aromatic heterocycles. The van der Waals surface area contributed by atoms with Gasteiger partial charge in [-0.2, -0.15) is 0 Å². The van der Waals surface area contributed by atoms with E-state index < -0.39 is 0 Å². The lowest BCUT2D eigenvalue weighted by Crippen LogP contribution is -1.97. The number of nitrogens with zero attached hydrogens (tertiary/aromatic N) is 2. The maximum absolute atomic E-state index is 12.0. The van der Waals surface area contributed by atoms with Crippen LogP contribution in [0.2, 0.25) is 0 Å². The van der Waals surface area contributed by atoms with Crippen molar-refractivity contribution in [3.05, 3.63) is 48.8 Å². The summed E-state index contributed by atoms with van der Waals surface area (Å²) in [5, 5.41) is 0. The molecule has 0 aliphatic carbocycles. The number of aromatic nitrogens is 2. The van der Waals surface area contributed by atoms with Crippen molar-refractivity contribution in [3.63, 3.8) is 0 Å². The Balaban J connectivity index is 1.81. The predicted molar refractivity (Wildman–Crippen MR) is 84.0 cm³/mol. The molecule has 0 atom stereocenters. The van der Waals surface area contributed by atoms with Gasteiger partial charge in [0, 0.05) is 29.3 Å². The fraction of sp³-hybridized carbons (Fsp3) is 0.188. The summed E-state index contributed by atoms with van der Waals surface area (Å²) in [6, 6.07) is 11.5. The van der Waals surface area contributed by atoms with E-state index in [2.05, 4.69) is 17.6 Å². The number of ether oxygens (including phenoxy) is 1. The minimum atomic E-state index is -0.355. The van der Waals surface area contributed by atoms with Gasteiger partial charge < -0.3 is 9.14 Å². The Hall–Kier alpha value is -2.01. The highest BCUT2D eigenvalue weighted by Crippen LogP contribution is 2.23. The van der Waals surface area contributed by atoms with Gasteiger partial charge in [0.1, 0.15) is 11.4 Å². The van der Waals surface area contributed by atoms with Crippen molar-refractivity contribution in [3.8, 4) is 17.0 Å². The van der Waals surface area contributed by atoms with Crippen LogP contribution in [0.1, 0.15) is 6.42 Å². The van der Waals surface area contributed by atoms with Crippen LogP contribution in [0.5, 0.6) is 5.75 Å². The summed E-state index contributed by atoms with van der Waals surface area (Å²) >= 11 is 4.32. The SMILES string of the molecule is FCCCOc1ccc(-c2cn3cc(S)ccc3n2)cc1. The number of imidazole rings is 1. The van der Waals surface area contributed by atoms with Crippen molar-refractivity contribution in [2.45, 2.75) is 11.3 Å². The van der Waals surface area contributed by atoms with Gasteiger partial charge in [-0.25, -0.2) is 4.98 Å². The van der Waals surface area contributed by atoms with Crippen LogP contribution in [0, 0.1) is 0 Å². The highest BCUT2D eigenvalue weighted by atomic mass is 32.1. The van der Waals surface area contributed by atoms with Gasteiger partial charge in [0.15, 0.2) is 0 Å². The number of fused-ring (bicyclic) bond motifs is 1. The Morgan fingerprint density at radius 1 is 1.10 bits per heavy atom. The minimum absolute atomic E-state index is 0.355. The van der Waals surface area contributed by atoms with Gasteiger partial charge in [0.2, 0.25) is 0 Å². The third kappa shape index (κ3) is 3.19. The zero-order valence-electron chi connectivity index (χ0n) is 11.4. The highest BCUT2D eigenvalue weighted by Gasteiger charge is 2.05. The average molecular weight is 302 g/mol. The number of pyridine rings is 1. The van der Waals surface area contributed by atoms with Crippen molar-refractivity contribution >= 4 is 18.3 Å². The lowest BCUT2D eigenvalue weighted by atomic mass is 10.2. The Morgan fingerprint density at radius 2 is 1.90 bits per heavy atom.